The van der Waals surface area contributed by atoms with Gasteiger partial charge >= 0.3 is 6.18 Å². The summed E-state index contributed by atoms with van der Waals surface area (Å²) < 4.78 is 37.7. The van der Waals surface area contributed by atoms with Gasteiger partial charge in [0.15, 0.2) is 0 Å². The van der Waals surface area contributed by atoms with Crippen LogP contribution in [0.25, 0.3) is 0 Å². The summed E-state index contributed by atoms with van der Waals surface area (Å²) >= 11 is 0. The number of halogens is 3. The van der Waals surface area contributed by atoms with Crippen LogP contribution in [0.1, 0.15) is 25.8 Å². The Hall–Kier alpha value is -1.11. The molecule has 21 heavy (non-hydrogen) atoms. The van der Waals surface area contributed by atoms with Crippen LogP contribution in [-0.2, 0) is 5.54 Å². The summed E-state index contributed by atoms with van der Waals surface area (Å²) in [6.07, 6.45) is -3.99. The van der Waals surface area contributed by atoms with E-state index >= 15 is 0 Å². The van der Waals surface area contributed by atoms with Crippen molar-refractivity contribution in [1.82, 2.24) is 4.90 Å². The van der Waals surface area contributed by atoms with Gasteiger partial charge in [0, 0.05) is 12.6 Å². The van der Waals surface area contributed by atoms with Crippen LogP contribution in [0, 0.1) is 0 Å². The monoisotopic (exact) mass is 304 g/mol. The quantitative estimate of drug-likeness (QED) is 0.814. The van der Waals surface area contributed by atoms with Crippen molar-refractivity contribution in [2.45, 2.75) is 38.0 Å². The van der Waals surface area contributed by atoms with Gasteiger partial charge in [-0.3, -0.25) is 4.90 Å². The molecule has 0 aromatic heterocycles. The molecule has 0 aliphatic rings. The van der Waals surface area contributed by atoms with Crippen LogP contribution in [0.4, 0.5) is 13.2 Å². The summed E-state index contributed by atoms with van der Waals surface area (Å²) in [4.78, 5) is 1.32. The fourth-order valence-electron chi connectivity index (χ4n) is 2.18. The lowest BCUT2D eigenvalue weighted by atomic mass is 9.88. The first-order valence-corrected chi connectivity index (χ1v) is 6.94. The lowest BCUT2D eigenvalue weighted by Gasteiger charge is -2.33. The van der Waals surface area contributed by atoms with Crippen LogP contribution in [0.15, 0.2) is 30.3 Å². The third-order valence-electron chi connectivity index (χ3n) is 3.59. The molecule has 0 aliphatic heterocycles. The Labute approximate surface area is 123 Å². The molecule has 0 saturated heterocycles. The molecule has 1 rings (SSSR count). The van der Waals surface area contributed by atoms with Gasteiger partial charge in [0.2, 0.25) is 0 Å². The lowest BCUT2D eigenvalue weighted by Crippen LogP contribution is -2.46. The maximum atomic E-state index is 12.6. The molecule has 1 atom stereocenters. The summed E-state index contributed by atoms with van der Waals surface area (Å²) in [7, 11) is 0. The van der Waals surface area contributed by atoms with Crippen LogP contribution in [-0.4, -0.2) is 41.9 Å². The summed E-state index contributed by atoms with van der Waals surface area (Å²) in [6, 6.07) is 8.72. The maximum Gasteiger partial charge on any atom is 0.401 e. The number of hydrogen-bond acceptors (Lipinski definition) is 3. The van der Waals surface area contributed by atoms with Crippen LogP contribution >= 0.6 is 0 Å². The second kappa shape index (κ2) is 7.24. The molecule has 0 fully saturated rings. The second-order valence-corrected chi connectivity index (χ2v) is 5.61. The second-order valence-electron chi connectivity index (χ2n) is 5.61. The summed E-state index contributed by atoms with van der Waals surface area (Å²) in [5, 5.41) is 9.56. The molecule has 0 radical (unpaired) electrons. The molecule has 0 heterocycles. The highest BCUT2D eigenvalue weighted by Crippen LogP contribution is 2.24. The number of aliphatic hydroxyl groups is 1. The van der Waals surface area contributed by atoms with Gasteiger partial charge in [-0.1, -0.05) is 30.3 Å². The molecule has 1 aromatic rings. The molecule has 0 aliphatic carbocycles. The minimum Gasteiger partial charge on any atom is -0.394 e. The minimum absolute atomic E-state index is 0.170. The highest BCUT2D eigenvalue weighted by Gasteiger charge is 2.33. The van der Waals surface area contributed by atoms with E-state index in [4.69, 9.17) is 5.73 Å². The number of nitrogens with two attached hydrogens (primary N) is 1. The van der Waals surface area contributed by atoms with Crippen molar-refractivity contribution >= 4 is 0 Å². The SMILES string of the molecule is CC(C)N(CCC(N)(CO)c1ccccc1)CC(F)(F)F. The average Bonchev–Trinajstić information content (AvgIpc) is 2.42. The van der Waals surface area contributed by atoms with Crippen LogP contribution < -0.4 is 5.73 Å². The lowest BCUT2D eigenvalue weighted by molar-refractivity contribution is -0.150. The number of aliphatic hydroxyl groups excluding tert-OH is 1. The zero-order chi connectivity index (χ0) is 16.1. The third-order valence-corrected chi connectivity index (χ3v) is 3.59. The van der Waals surface area contributed by atoms with Gasteiger partial charge in [-0.25, -0.2) is 0 Å². The first-order chi connectivity index (χ1) is 9.68. The van der Waals surface area contributed by atoms with Crippen molar-refractivity contribution in [2.75, 3.05) is 19.7 Å². The fraction of sp³-hybridized carbons (Fsp3) is 0.600. The molecular weight excluding hydrogens is 281 g/mol. The molecule has 6 heteroatoms. The first-order valence-electron chi connectivity index (χ1n) is 6.94. The normalized spacial score (nSPS) is 15.5. The van der Waals surface area contributed by atoms with Gasteiger partial charge in [0.25, 0.3) is 0 Å². The summed E-state index contributed by atoms with van der Waals surface area (Å²) in [5.74, 6) is 0. The van der Waals surface area contributed by atoms with Crippen molar-refractivity contribution in [3.05, 3.63) is 35.9 Å². The Bertz CT molecular complexity index is 423. The van der Waals surface area contributed by atoms with E-state index in [-0.39, 0.29) is 25.6 Å². The van der Waals surface area contributed by atoms with Crippen molar-refractivity contribution in [3.63, 3.8) is 0 Å². The van der Waals surface area contributed by atoms with E-state index in [9.17, 15) is 18.3 Å². The number of nitrogens with zero attached hydrogens (tertiary/aromatic N) is 1. The van der Waals surface area contributed by atoms with E-state index in [1.165, 1.54) is 4.90 Å². The molecule has 0 spiro atoms. The van der Waals surface area contributed by atoms with Crippen LogP contribution in [0.3, 0.4) is 0 Å². The van der Waals surface area contributed by atoms with Crippen molar-refractivity contribution < 1.29 is 18.3 Å². The van der Waals surface area contributed by atoms with E-state index in [2.05, 4.69) is 0 Å². The Morgan fingerprint density at radius 3 is 2.19 bits per heavy atom. The predicted molar refractivity (Wildman–Crippen MR) is 76.8 cm³/mol. The Balaban J connectivity index is 2.77. The van der Waals surface area contributed by atoms with Gasteiger partial charge in [0.05, 0.1) is 18.7 Å². The van der Waals surface area contributed by atoms with Gasteiger partial charge in [-0.15, -0.1) is 0 Å². The molecule has 0 amide bonds. The van der Waals surface area contributed by atoms with Crippen LogP contribution in [0.5, 0.6) is 0 Å². The van der Waals surface area contributed by atoms with Gasteiger partial charge in [0.1, 0.15) is 0 Å². The number of hydrogen-bond donors (Lipinski definition) is 2. The highest BCUT2D eigenvalue weighted by atomic mass is 19.4. The predicted octanol–water partition coefficient (Wildman–Crippen LogP) is 2.50. The number of alkyl halides is 3. The van der Waals surface area contributed by atoms with Gasteiger partial charge in [-0.2, -0.15) is 13.2 Å². The Morgan fingerprint density at radius 2 is 1.76 bits per heavy atom. The van der Waals surface area contributed by atoms with E-state index in [1.807, 2.05) is 6.07 Å². The van der Waals surface area contributed by atoms with E-state index in [0.717, 1.165) is 5.56 Å². The van der Waals surface area contributed by atoms with Crippen molar-refractivity contribution in [1.29, 1.82) is 0 Å². The van der Waals surface area contributed by atoms with Crippen LogP contribution in [0.2, 0.25) is 0 Å². The molecule has 3 N–H and O–H groups in total. The van der Waals surface area contributed by atoms with Crippen molar-refractivity contribution in [2.24, 2.45) is 5.73 Å². The van der Waals surface area contributed by atoms with E-state index in [0.29, 0.717) is 0 Å². The smallest absolute Gasteiger partial charge is 0.394 e. The molecule has 0 saturated carbocycles. The third kappa shape index (κ3) is 5.65. The first kappa shape index (κ1) is 17.9. The standard InChI is InChI=1S/C15H23F3N2O/c1-12(2)20(10-15(16,17)18)9-8-14(19,11-21)13-6-4-3-5-7-13/h3-7,12,21H,8-11,19H2,1-2H3. The molecule has 120 valence electrons. The molecular formula is C15H23F3N2O. The van der Waals surface area contributed by atoms with E-state index in [1.54, 1.807) is 38.1 Å². The maximum absolute atomic E-state index is 12.6. The topological polar surface area (TPSA) is 49.5 Å². The molecule has 3 nitrogen and oxygen atoms in total. The summed E-state index contributed by atoms with van der Waals surface area (Å²) in [5.41, 5.74) is 5.87. The average molecular weight is 304 g/mol. The minimum atomic E-state index is -4.24. The molecule has 0 bridgehead atoms. The van der Waals surface area contributed by atoms with Gasteiger partial charge in [-0.05, 0) is 25.8 Å². The zero-order valence-electron chi connectivity index (χ0n) is 12.4. The highest BCUT2D eigenvalue weighted by molar-refractivity contribution is 5.24. The number of benzene rings is 1. The van der Waals surface area contributed by atoms with Gasteiger partial charge < -0.3 is 10.8 Å². The Morgan fingerprint density at radius 1 is 1.19 bits per heavy atom. The zero-order valence-corrected chi connectivity index (χ0v) is 12.4. The molecule has 1 aromatic carbocycles. The largest absolute Gasteiger partial charge is 0.401 e. The summed E-state index contributed by atoms with van der Waals surface area (Å²) in [6.45, 7) is 2.32. The number of rotatable bonds is 7. The van der Waals surface area contributed by atoms with Crippen molar-refractivity contribution in [3.8, 4) is 0 Å². The fourth-order valence-corrected chi connectivity index (χ4v) is 2.18. The van der Waals surface area contributed by atoms with E-state index < -0.39 is 18.3 Å². The molecule has 1 unspecified atom stereocenters. The Kier molecular flexibility index (Phi) is 6.19.